The van der Waals surface area contributed by atoms with Gasteiger partial charge in [-0.2, -0.15) is 0 Å². The molecule has 49 heavy (non-hydrogen) atoms. The van der Waals surface area contributed by atoms with Crippen LogP contribution >= 0.6 is 0 Å². The molecular formula is C45H28N2O2. The van der Waals surface area contributed by atoms with Gasteiger partial charge in [0, 0.05) is 39.0 Å². The maximum Gasteiger partial charge on any atom is 0.228 e. The predicted octanol–water partition coefficient (Wildman–Crippen LogP) is 12.8. The summed E-state index contributed by atoms with van der Waals surface area (Å²) in [6, 6.07) is 59.3. The Hall–Kier alpha value is -6.65. The van der Waals surface area contributed by atoms with E-state index in [0.717, 1.165) is 66.8 Å². The number of furan rings is 1. The molecule has 0 aliphatic rings. The average Bonchev–Trinajstić information content (AvgIpc) is 3.77. The van der Waals surface area contributed by atoms with Crippen molar-refractivity contribution in [3.05, 3.63) is 170 Å². The lowest BCUT2D eigenvalue weighted by Crippen LogP contribution is -2.09. The molecular weight excluding hydrogens is 601 g/mol. The Morgan fingerprint density at radius 3 is 1.76 bits per heavy atom. The molecule has 4 nitrogen and oxygen atoms in total. The van der Waals surface area contributed by atoms with Gasteiger partial charge in [-0.15, -0.1) is 0 Å². The van der Waals surface area contributed by atoms with E-state index in [9.17, 15) is 0 Å². The zero-order valence-corrected chi connectivity index (χ0v) is 26.4. The van der Waals surface area contributed by atoms with Gasteiger partial charge in [0.1, 0.15) is 16.7 Å². The molecule has 2 aromatic heterocycles. The third-order valence-corrected chi connectivity index (χ3v) is 9.47. The number of fused-ring (bicyclic) bond motifs is 6. The van der Waals surface area contributed by atoms with Crippen LogP contribution in [0.2, 0.25) is 0 Å². The van der Waals surface area contributed by atoms with Gasteiger partial charge in [-0.25, -0.2) is 4.98 Å². The van der Waals surface area contributed by atoms with Crippen molar-refractivity contribution < 1.29 is 8.83 Å². The molecule has 0 unspecified atom stereocenters. The van der Waals surface area contributed by atoms with Crippen LogP contribution in [0.5, 0.6) is 0 Å². The van der Waals surface area contributed by atoms with E-state index in [0.29, 0.717) is 5.89 Å². The summed E-state index contributed by atoms with van der Waals surface area (Å²) < 4.78 is 12.7. The van der Waals surface area contributed by atoms with Crippen molar-refractivity contribution >= 4 is 71.6 Å². The van der Waals surface area contributed by atoms with Gasteiger partial charge < -0.3 is 13.7 Å². The second-order valence-electron chi connectivity index (χ2n) is 12.4. The van der Waals surface area contributed by atoms with Crippen LogP contribution in [-0.4, -0.2) is 4.98 Å². The number of aromatic nitrogens is 1. The lowest BCUT2D eigenvalue weighted by atomic mass is 10.0. The number of benzene rings is 8. The first-order valence-corrected chi connectivity index (χ1v) is 16.5. The monoisotopic (exact) mass is 628 g/mol. The van der Waals surface area contributed by atoms with Gasteiger partial charge in [0.2, 0.25) is 5.89 Å². The van der Waals surface area contributed by atoms with Gasteiger partial charge in [0.15, 0.2) is 5.58 Å². The third-order valence-electron chi connectivity index (χ3n) is 9.47. The van der Waals surface area contributed by atoms with E-state index in [1.807, 2.05) is 42.5 Å². The molecule has 8 aromatic carbocycles. The zero-order chi connectivity index (χ0) is 32.3. The van der Waals surface area contributed by atoms with Gasteiger partial charge in [-0.05, 0) is 87.8 Å². The summed E-state index contributed by atoms with van der Waals surface area (Å²) in [4.78, 5) is 7.29. The number of rotatable bonds is 5. The average molecular weight is 629 g/mol. The summed E-state index contributed by atoms with van der Waals surface area (Å²) in [5.41, 5.74) is 9.48. The summed E-state index contributed by atoms with van der Waals surface area (Å²) in [5, 5.41) is 6.91. The van der Waals surface area contributed by atoms with Crippen molar-refractivity contribution in [1.29, 1.82) is 0 Å². The van der Waals surface area contributed by atoms with Gasteiger partial charge in [-0.1, -0.05) is 109 Å². The minimum Gasteiger partial charge on any atom is -0.456 e. The summed E-state index contributed by atoms with van der Waals surface area (Å²) in [6.07, 6.45) is 0. The molecule has 0 saturated carbocycles. The van der Waals surface area contributed by atoms with Gasteiger partial charge in [0.05, 0.1) is 0 Å². The van der Waals surface area contributed by atoms with Crippen molar-refractivity contribution in [2.45, 2.75) is 0 Å². The number of anilines is 3. The summed E-state index contributed by atoms with van der Waals surface area (Å²) in [7, 11) is 0. The maximum absolute atomic E-state index is 6.60. The second-order valence-corrected chi connectivity index (χ2v) is 12.4. The van der Waals surface area contributed by atoms with Crippen LogP contribution in [0.1, 0.15) is 0 Å². The normalized spacial score (nSPS) is 11.7. The van der Waals surface area contributed by atoms with Gasteiger partial charge in [0.25, 0.3) is 0 Å². The SMILES string of the molecule is c1ccc2cc(N(c3ccc(-c4cccc5nc(-c6cccc7oc8ccccc8c67)oc45)cc3)c3ccc4ccccc4c3)ccc2c1. The van der Waals surface area contributed by atoms with E-state index in [2.05, 4.69) is 132 Å². The molecule has 10 rings (SSSR count). The molecule has 0 aliphatic carbocycles. The van der Waals surface area contributed by atoms with E-state index in [4.69, 9.17) is 13.8 Å². The first-order chi connectivity index (χ1) is 24.3. The van der Waals surface area contributed by atoms with Crippen LogP contribution in [0.15, 0.2) is 179 Å². The highest BCUT2D eigenvalue weighted by Gasteiger charge is 2.19. The molecule has 0 N–H and O–H groups in total. The largest absolute Gasteiger partial charge is 0.456 e. The van der Waals surface area contributed by atoms with Crippen LogP contribution in [0, 0.1) is 0 Å². The molecule has 0 atom stereocenters. The highest BCUT2D eigenvalue weighted by Crippen LogP contribution is 2.41. The van der Waals surface area contributed by atoms with E-state index >= 15 is 0 Å². The van der Waals surface area contributed by atoms with Crippen molar-refractivity contribution in [3.8, 4) is 22.6 Å². The minimum absolute atomic E-state index is 0.579. The lowest BCUT2D eigenvalue weighted by molar-refractivity contribution is 0.621. The Labute approximate surface area is 282 Å². The molecule has 10 aromatic rings. The summed E-state index contributed by atoms with van der Waals surface area (Å²) in [6.45, 7) is 0. The van der Waals surface area contributed by atoms with E-state index in [-0.39, 0.29) is 0 Å². The molecule has 2 heterocycles. The maximum atomic E-state index is 6.60. The Bertz CT molecular complexity index is 2770. The molecule has 0 spiro atoms. The van der Waals surface area contributed by atoms with Crippen LogP contribution < -0.4 is 4.90 Å². The third kappa shape index (κ3) is 4.57. The molecule has 0 radical (unpaired) electrons. The molecule has 0 aliphatic heterocycles. The number of para-hydroxylation sites is 2. The van der Waals surface area contributed by atoms with Crippen molar-refractivity contribution in [2.75, 3.05) is 4.90 Å². The Morgan fingerprint density at radius 1 is 0.429 bits per heavy atom. The summed E-state index contributed by atoms with van der Waals surface area (Å²) >= 11 is 0. The molecule has 0 amide bonds. The quantitative estimate of drug-likeness (QED) is 0.190. The molecule has 230 valence electrons. The van der Waals surface area contributed by atoms with E-state index in [1.165, 1.54) is 21.5 Å². The van der Waals surface area contributed by atoms with E-state index in [1.54, 1.807) is 0 Å². The number of hydrogen-bond donors (Lipinski definition) is 0. The first-order valence-electron chi connectivity index (χ1n) is 16.5. The Balaban J connectivity index is 1.08. The second kappa shape index (κ2) is 11.0. The van der Waals surface area contributed by atoms with Crippen molar-refractivity contribution in [2.24, 2.45) is 0 Å². The highest BCUT2D eigenvalue weighted by molar-refractivity contribution is 6.12. The number of oxazole rings is 1. The topological polar surface area (TPSA) is 42.4 Å². The minimum atomic E-state index is 0.579. The summed E-state index contributed by atoms with van der Waals surface area (Å²) in [5.74, 6) is 0.579. The van der Waals surface area contributed by atoms with Crippen LogP contribution in [0.3, 0.4) is 0 Å². The molecule has 0 bridgehead atoms. The van der Waals surface area contributed by atoms with Gasteiger partial charge >= 0.3 is 0 Å². The Kier molecular flexibility index (Phi) is 6.15. The smallest absolute Gasteiger partial charge is 0.228 e. The predicted molar refractivity (Wildman–Crippen MR) is 202 cm³/mol. The van der Waals surface area contributed by atoms with Crippen LogP contribution in [-0.2, 0) is 0 Å². The first kappa shape index (κ1) is 27.5. The fraction of sp³-hybridized carbons (Fsp3) is 0. The van der Waals surface area contributed by atoms with E-state index < -0.39 is 0 Å². The number of hydrogen-bond acceptors (Lipinski definition) is 4. The highest BCUT2D eigenvalue weighted by atomic mass is 16.4. The Morgan fingerprint density at radius 2 is 1.02 bits per heavy atom. The standard InChI is InChI=1S/C45H28N2O2/c1-3-11-32-27-35(25-19-29(32)9-1)47(36-26-20-30-10-2-4-12-33(30)28-36)34-23-21-31(22-24-34)37-14-7-16-40-44(37)49-45(46-40)39-15-8-18-42-43(39)38-13-5-6-17-41(38)48-42/h1-28H. The van der Waals surface area contributed by atoms with Gasteiger partial charge in [-0.3, -0.25) is 0 Å². The van der Waals surface area contributed by atoms with Crippen LogP contribution in [0.4, 0.5) is 17.1 Å². The molecule has 0 saturated heterocycles. The van der Waals surface area contributed by atoms with Crippen LogP contribution in [0.25, 0.3) is 77.2 Å². The number of nitrogens with zero attached hydrogens (tertiary/aromatic N) is 2. The van der Waals surface area contributed by atoms with Crippen molar-refractivity contribution in [1.82, 2.24) is 4.98 Å². The lowest BCUT2D eigenvalue weighted by Gasteiger charge is -2.26. The fourth-order valence-electron chi connectivity index (χ4n) is 7.11. The fourth-order valence-corrected chi connectivity index (χ4v) is 7.11. The molecule has 4 heteroatoms. The van der Waals surface area contributed by atoms with Crippen molar-refractivity contribution in [3.63, 3.8) is 0 Å². The zero-order valence-electron chi connectivity index (χ0n) is 26.4. The molecule has 0 fully saturated rings.